The van der Waals surface area contributed by atoms with Crippen molar-refractivity contribution in [1.82, 2.24) is 14.9 Å². The molecule has 0 spiro atoms. The molecule has 1 amide bonds. The summed E-state index contributed by atoms with van der Waals surface area (Å²) in [6, 6.07) is 4.66. The van der Waals surface area contributed by atoms with Crippen molar-refractivity contribution in [3.05, 3.63) is 30.1 Å². The molecule has 0 atom stereocenters. The highest BCUT2D eigenvalue weighted by atomic mass is 16.4. The summed E-state index contributed by atoms with van der Waals surface area (Å²) in [4.78, 5) is 26.9. The first kappa shape index (κ1) is 14.0. The highest BCUT2D eigenvalue weighted by Gasteiger charge is 2.15. The zero-order valence-corrected chi connectivity index (χ0v) is 11.7. The number of aromatic carboxylic acids is 1. The molecule has 6 nitrogen and oxygen atoms in total. The Bertz CT molecular complexity index is 668. The Balaban J connectivity index is 2.24. The van der Waals surface area contributed by atoms with Crippen LogP contribution >= 0.6 is 0 Å². The molecule has 1 heterocycles. The number of benzene rings is 1. The molecular weight excluding hydrogens is 258 g/mol. The number of rotatable bonds is 3. The number of carboxylic acids is 1. The van der Waals surface area contributed by atoms with Crippen molar-refractivity contribution in [3.8, 4) is 0 Å². The van der Waals surface area contributed by atoms with Gasteiger partial charge in [0.25, 0.3) is 0 Å². The van der Waals surface area contributed by atoms with Gasteiger partial charge in [0, 0.05) is 5.54 Å². The molecule has 1 aromatic carbocycles. The molecular formula is C14H17N3O3. The highest BCUT2D eigenvalue weighted by Crippen LogP contribution is 2.15. The van der Waals surface area contributed by atoms with Gasteiger partial charge in [-0.15, -0.1) is 0 Å². The minimum Gasteiger partial charge on any atom is -0.478 e. The molecule has 0 radical (unpaired) electrons. The van der Waals surface area contributed by atoms with Crippen LogP contribution in [0.2, 0.25) is 0 Å². The number of imidazole rings is 1. The second kappa shape index (κ2) is 4.96. The lowest BCUT2D eigenvalue weighted by molar-refractivity contribution is -0.123. The van der Waals surface area contributed by atoms with Gasteiger partial charge in [-0.2, -0.15) is 0 Å². The third kappa shape index (κ3) is 3.14. The van der Waals surface area contributed by atoms with Crippen molar-refractivity contribution in [2.45, 2.75) is 32.9 Å². The summed E-state index contributed by atoms with van der Waals surface area (Å²) in [5.74, 6) is -1.11. The Hall–Kier alpha value is -2.37. The fourth-order valence-corrected chi connectivity index (χ4v) is 1.94. The summed E-state index contributed by atoms with van der Waals surface area (Å²) in [7, 11) is 0. The van der Waals surface area contributed by atoms with Crippen molar-refractivity contribution >= 4 is 22.9 Å². The molecule has 0 aliphatic rings. The van der Waals surface area contributed by atoms with Crippen LogP contribution in [0.5, 0.6) is 0 Å². The number of aromatic nitrogens is 2. The lowest BCUT2D eigenvalue weighted by Crippen LogP contribution is -2.42. The Morgan fingerprint density at radius 3 is 2.65 bits per heavy atom. The number of carboxylic acid groups (broad SMARTS) is 1. The first-order chi connectivity index (χ1) is 9.26. The summed E-state index contributed by atoms with van der Waals surface area (Å²) in [6.07, 6.45) is 1.54. The van der Waals surface area contributed by atoms with Crippen LogP contribution in [-0.2, 0) is 11.3 Å². The van der Waals surface area contributed by atoms with E-state index in [1.807, 2.05) is 20.8 Å². The lowest BCUT2D eigenvalue weighted by Gasteiger charge is -2.20. The summed E-state index contributed by atoms with van der Waals surface area (Å²) in [5, 5.41) is 11.8. The molecule has 2 rings (SSSR count). The van der Waals surface area contributed by atoms with Crippen LogP contribution < -0.4 is 5.32 Å². The summed E-state index contributed by atoms with van der Waals surface area (Å²) in [5.41, 5.74) is 1.19. The van der Waals surface area contributed by atoms with Crippen LogP contribution in [0, 0.1) is 0 Å². The fraction of sp³-hybridized carbons (Fsp3) is 0.357. The van der Waals surface area contributed by atoms with E-state index in [9.17, 15) is 9.59 Å². The van der Waals surface area contributed by atoms with Gasteiger partial charge in [-0.05, 0) is 39.0 Å². The highest BCUT2D eigenvalue weighted by molar-refractivity contribution is 5.92. The first-order valence-electron chi connectivity index (χ1n) is 6.25. The average molecular weight is 275 g/mol. The number of nitrogens with zero attached hydrogens (tertiary/aromatic N) is 2. The maximum atomic E-state index is 11.9. The number of amides is 1. The molecule has 2 N–H and O–H groups in total. The quantitative estimate of drug-likeness (QED) is 0.892. The SMILES string of the molecule is CC(C)(C)NC(=O)Cn1cnc2cc(C(=O)O)ccc21. The van der Waals surface area contributed by atoms with E-state index in [0.717, 1.165) is 5.52 Å². The van der Waals surface area contributed by atoms with Crippen LogP contribution in [0.3, 0.4) is 0 Å². The normalized spacial score (nSPS) is 11.6. The fourth-order valence-electron chi connectivity index (χ4n) is 1.94. The molecule has 0 fully saturated rings. The van der Waals surface area contributed by atoms with Gasteiger partial charge >= 0.3 is 5.97 Å². The van der Waals surface area contributed by atoms with Crippen LogP contribution in [0.1, 0.15) is 31.1 Å². The Morgan fingerprint density at radius 2 is 2.05 bits per heavy atom. The molecule has 0 aliphatic heterocycles. The smallest absolute Gasteiger partial charge is 0.335 e. The number of hydrogen-bond donors (Lipinski definition) is 2. The number of hydrogen-bond acceptors (Lipinski definition) is 3. The zero-order chi connectivity index (χ0) is 14.9. The number of fused-ring (bicyclic) bond motifs is 1. The van der Waals surface area contributed by atoms with Gasteiger partial charge in [-0.25, -0.2) is 9.78 Å². The van der Waals surface area contributed by atoms with Gasteiger partial charge in [0.2, 0.25) is 5.91 Å². The Labute approximate surface area is 116 Å². The molecule has 1 aromatic heterocycles. The zero-order valence-electron chi connectivity index (χ0n) is 11.7. The lowest BCUT2D eigenvalue weighted by atomic mass is 10.1. The van der Waals surface area contributed by atoms with Crippen LogP contribution in [0.25, 0.3) is 11.0 Å². The number of carbonyl (C=O) groups excluding carboxylic acids is 1. The van der Waals surface area contributed by atoms with Gasteiger partial charge in [0.15, 0.2) is 0 Å². The molecule has 106 valence electrons. The van der Waals surface area contributed by atoms with Crippen LogP contribution in [-0.4, -0.2) is 32.1 Å². The topological polar surface area (TPSA) is 84.2 Å². The van der Waals surface area contributed by atoms with Crippen molar-refractivity contribution in [2.24, 2.45) is 0 Å². The Kier molecular flexibility index (Phi) is 3.48. The third-order valence-electron chi connectivity index (χ3n) is 2.70. The molecule has 0 saturated heterocycles. The van der Waals surface area contributed by atoms with Gasteiger partial charge in [0.1, 0.15) is 6.54 Å². The van der Waals surface area contributed by atoms with E-state index in [1.165, 1.54) is 12.1 Å². The largest absolute Gasteiger partial charge is 0.478 e. The minimum absolute atomic E-state index is 0.112. The minimum atomic E-state index is -0.994. The molecule has 0 saturated carbocycles. The van der Waals surface area contributed by atoms with E-state index in [4.69, 9.17) is 5.11 Å². The monoisotopic (exact) mass is 275 g/mol. The summed E-state index contributed by atoms with van der Waals surface area (Å²) in [6.45, 7) is 5.89. The van der Waals surface area contributed by atoms with E-state index in [-0.39, 0.29) is 23.6 Å². The Morgan fingerprint density at radius 1 is 1.35 bits per heavy atom. The second-order valence-electron chi connectivity index (χ2n) is 5.68. The summed E-state index contributed by atoms with van der Waals surface area (Å²) >= 11 is 0. The first-order valence-corrected chi connectivity index (χ1v) is 6.25. The van der Waals surface area contributed by atoms with Gasteiger partial charge in [0.05, 0.1) is 22.9 Å². The van der Waals surface area contributed by atoms with Crippen molar-refractivity contribution < 1.29 is 14.7 Å². The molecule has 20 heavy (non-hydrogen) atoms. The van der Waals surface area contributed by atoms with E-state index >= 15 is 0 Å². The maximum absolute atomic E-state index is 11.9. The van der Waals surface area contributed by atoms with Crippen molar-refractivity contribution in [3.63, 3.8) is 0 Å². The van der Waals surface area contributed by atoms with Gasteiger partial charge in [-0.1, -0.05) is 0 Å². The van der Waals surface area contributed by atoms with Gasteiger partial charge in [-0.3, -0.25) is 4.79 Å². The standard InChI is InChI=1S/C14H17N3O3/c1-14(2,3)16-12(18)7-17-8-15-10-6-9(13(19)20)4-5-11(10)17/h4-6,8H,7H2,1-3H3,(H,16,18)(H,19,20). The van der Waals surface area contributed by atoms with E-state index in [1.54, 1.807) is 17.0 Å². The van der Waals surface area contributed by atoms with E-state index in [0.29, 0.717) is 5.52 Å². The molecule has 0 aliphatic carbocycles. The molecule has 0 bridgehead atoms. The predicted octanol–water partition coefficient (Wildman–Crippen LogP) is 1.65. The van der Waals surface area contributed by atoms with Crippen molar-refractivity contribution in [1.29, 1.82) is 0 Å². The average Bonchev–Trinajstić information content (AvgIpc) is 2.69. The van der Waals surface area contributed by atoms with Crippen molar-refractivity contribution in [2.75, 3.05) is 0 Å². The van der Waals surface area contributed by atoms with Gasteiger partial charge < -0.3 is 15.0 Å². The number of carbonyl (C=O) groups is 2. The molecule has 0 unspecified atom stereocenters. The van der Waals surface area contributed by atoms with E-state index in [2.05, 4.69) is 10.3 Å². The second-order valence-corrected chi connectivity index (χ2v) is 5.68. The molecule has 2 aromatic rings. The third-order valence-corrected chi connectivity index (χ3v) is 2.70. The summed E-state index contributed by atoms with van der Waals surface area (Å²) < 4.78 is 1.70. The van der Waals surface area contributed by atoms with E-state index < -0.39 is 5.97 Å². The predicted molar refractivity (Wildman–Crippen MR) is 74.6 cm³/mol. The van der Waals surface area contributed by atoms with Crippen LogP contribution in [0.4, 0.5) is 0 Å². The van der Waals surface area contributed by atoms with Crippen LogP contribution in [0.15, 0.2) is 24.5 Å². The number of nitrogens with one attached hydrogen (secondary N) is 1. The maximum Gasteiger partial charge on any atom is 0.335 e. The molecule has 6 heteroatoms.